The first-order chi connectivity index (χ1) is 7.76. The molecule has 0 saturated carbocycles. The normalized spacial score (nSPS) is 10.0. The van der Waals surface area contributed by atoms with Crippen LogP contribution in [0.4, 0.5) is 0 Å². The van der Waals surface area contributed by atoms with E-state index < -0.39 is 6.29 Å². The molecule has 0 saturated heterocycles. The van der Waals surface area contributed by atoms with Gasteiger partial charge in [0.25, 0.3) is 0 Å². The van der Waals surface area contributed by atoms with Crippen molar-refractivity contribution in [2.75, 3.05) is 13.2 Å². The maximum Gasteiger partial charge on any atom is 0.222 e. The molecule has 1 rings (SSSR count). The van der Waals surface area contributed by atoms with Crippen LogP contribution in [-0.4, -0.2) is 19.5 Å². The molecule has 0 N–H and O–H groups in total. The molecule has 0 aliphatic heterocycles. The summed E-state index contributed by atoms with van der Waals surface area (Å²) < 4.78 is 10.7. The Kier molecular flexibility index (Phi) is 5.63. The van der Waals surface area contributed by atoms with E-state index in [0.29, 0.717) is 13.2 Å². The first-order valence-electron chi connectivity index (χ1n) is 5.57. The van der Waals surface area contributed by atoms with Crippen molar-refractivity contribution in [1.29, 1.82) is 0 Å². The minimum Gasteiger partial charge on any atom is -0.342 e. The Morgan fingerprint density at radius 3 is 2.12 bits per heavy atom. The van der Waals surface area contributed by atoms with Crippen LogP contribution in [0.25, 0.3) is 0 Å². The molecule has 0 spiro atoms. The number of ether oxygens (including phenoxy) is 2. The van der Waals surface area contributed by atoms with Gasteiger partial charge in [-0.15, -0.1) is 0 Å². The molecule has 0 aromatic heterocycles. The molecule has 0 aliphatic carbocycles. The number of aryl methyl sites for hydroxylation is 1. The van der Waals surface area contributed by atoms with Gasteiger partial charge < -0.3 is 9.47 Å². The molecule has 0 fully saturated rings. The van der Waals surface area contributed by atoms with Crippen molar-refractivity contribution in [2.24, 2.45) is 0 Å². The Morgan fingerprint density at radius 2 is 1.62 bits per heavy atom. The van der Waals surface area contributed by atoms with Gasteiger partial charge in [-0.05, 0) is 38.8 Å². The Balaban J connectivity index is 2.66. The quantitative estimate of drug-likeness (QED) is 0.571. The second-order valence-corrected chi connectivity index (χ2v) is 3.38. The van der Waals surface area contributed by atoms with Gasteiger partial charge in [0.2, 0.25) is 6.29 Å². The molecule has 16 heavy (non-hydrogen) atoms. The Bertz CT molecular complexity index is 351. The monoisotopic (exact) mass is 218 g/mol. The first-order valence-corrected chi connectivity index (χ1v) is 5.57. The second-order valence-electron chi connectivity index (χ2n) is 3.38. The maximum absolute atomic E-state index is 5.33. The van der Waals surface area contributed by atoms with E-state index in [4.69, 9.17) is 9.47 Å². The third kappa shape index (κ3) is 4.48. The average Bonchev–Trinajstić information content (AvgIpc) is 2.29. The van der Waals surface area contributed by atoms with Crippen molar-refractivity contribution < 1.29 is 9.47 Å². The molecule has 2 heteroatoms. The van der Waals surface area contributed by atoms with Gasteiger partial charge in [0, 0.05) is 18.8 Å². The van der Waals surface area contributed by atoms with E-state index in [1.807, 2.05) is 38.1 Å². The fourth-order valence-corrected chi connectivity index (χ4v) is 1.21. The van der Waals surface area contributed by atoms with Crippen molar-refractivity contribution in [3.63, 3.8) is 0 Å². The number of hydrogen-bond donors (Lipinski definition) is 0. The third-order valence-corrected chi connectivity index (χ3v) is 2.02. The molecule has 86 valence electrons. The topological polar surface area (TPSA) is 18.5 Å². The largest absolute Gasteiger partial charge is 0.342 e. The van der Waals surface area contributed by atoms with Gasteiger partial charge in [0.05, 0.1) is 0 Å². The minimum atomic E-state index is -0.420. The van der Waals surface area contributed by atoms with E-state index in [1.54, 1.807) is 0 Å². The van der Waals surface area contributed by atoms with Crippen LogP contribution in [0.3, 0.4) is 0 Å². The summed E-state index contributed by atoms with van der Waals surface area (Å²) in [6.07, 6.45) is -0.420. The summed E-state index contributed by atoms with van der Waals surface area (Å²) in [6, 6.07) is 8.08. The van der Waals surface area contributed by atoms with E-state index in [9.17, 15) is 0 Å². The maximum atomic E-state index is 5.33. The van der Waals surface area contributed by atoms with Crippen LogP contribution < -0.4 is 0 Å². The van der Waals surface area contributed by atoms with E-state index in [-0.39, 0.29) is 0 Å². The lowest BCUT2D eigenvalue weighted by atomic mass is 10.1. The molecule has 1 aromatic carbocycles. The summed E-state index contributed by atoms with van der Waals surface area (Å²) in [5.74, 6) is 6.00. The van der Waals surface area contributed by atoms with E-state index >= 15 is 0 Å². The lowest BCUT2D eigenvalue weighted by Gasteiger charge is -2.09. The fraction of sp³-hybridized carbons (Fsp3) is 0.429. The highest BCUT2D eigenvalue weighted by molar-refractivity contribution is 5.36. The molecule has 1 aromatic rings. The number of benzene rings is 1. The van der Waals surface area contributed by atoms with E-state index in [0.717, 1.165) is 5.56 Å². The van der Waals surface area contributed by atoms with Gasteiger partial charge in [0.1, 0.15) is 0 Å². The van der Waals surface area contributed by atoms with Crippen molar-refractivity contribution >= 4 is 0 Å². The third-order valence-electron chi connectivity index (χ3n) is 2.02. The molecule has 0 atom stereocenters. The highest BCUT2D eigenvalue weighted by Crippen LogP contribution is 2.01. The van der Waals surface area contributed by atoms with E-state index in [1.165, 1.54) is 5.56 Å². The van der Waals surface area contributed by atoms with Gasteiger partial charge in [0.15, 0.2) is 0 Å². The van der Waals surface area contributed by atoms with Crippen LogP contribution in [0.1, 0.15) is 25.0 Å². The highest BCUT2D eigenvalue weighted by atomic mass is 16.7. The van der Waals surface area contributed by atoms with Gasteiger partial charge in [-0.1, -0.05) is 23.6 Å². The molecule has 0 amide bonds. The zero-order valence-corrected chi connectivity index (χ0v) is 10.1. The number of hydrogen-bond acceptors (Lipinski definition) is 2. The lowest BCUT2D eigenvalue weighted by molar-refractivity contribution is -0.0969. The molecule has 0 aliphatic rings. The molecule has 0 unspecified atom stereocenters. The zero-order valence-electron chi connectivity index (χ0n) is 10.1. The van der Waals surface area contributed by atoms with Gasteiger partial charge in [-0.25, -0.2) is 0 Å². The summed E-state index contributed by atoms with van der Waals surface area (Å²) in [4.78, 5) is 0. The molecule has 0 radical (unpaired) electrons. The smallest absolute Gasteiger partial charge is 0.222 e. The second kappa shape index (κ2) is 7.05. The molecule has 0 bridgehead atoms. The highest BCUT2D eigenvalue weighted by Gasteiger charge is 2.01. The summed E-state index contributed by atoms with van der Waals surface area (Å²) in [6.45, 7) is 7.13. The van der Waals surface area contributed by atoms with Crippen LogP contribution in [-0.2, 0) is 9.47 Å². The van der Waals surface area contributed by atoms with Crippen molar-refractivity contribution in [1.82, 2.24) is 0 Å². The van der Waals surface area contributed by atoms with E-state index in [2.05, 4.69) is 18.8 Å². The Labute approximate surface area is 97.6 Å². The molecule has 2 nitrogen and oxygen atoms in total. The lowest BCUT2D eigenvalue weighted by Crippen LogP contribution is -2.14. The first kappa shape index (κ1) is 12.8. The van der Waals surface area contributed by atoms with Crippen molar-refractivity contribution in [2.45, 2.75) is 27.1 Å². The van der Waals surface area contributed by atoms with Gasteiger partial charge in [-0.2, -0.15) is 0 Å². The Morgan fingerprint density at radius 1 is 1.06 bits per heavy atom. The van der Waals surface area contributed by atoms with Crippen LogP contribution in [0.2, 0.25) is 0 Å². The van der Waals surface area contributed by atoms with Crippen LogP contribution >= 0.6 is 0 Å². The SMILES string of the molecule is CCOC(C#Cc1ccc(C)cc1)OCC. The molecular weight excluding hydrogens is 200 g/mol. The molecule has 0 heterocycles. The summed E-state index contributed by atoms with van der Waals surface area (Å²) in [5, 5.41) is 0. The predicted octanol–water partition coefficient (Wildman–Crippen LogP) is 2.75. The molecular formula is C14H18O2. The standard InChI is InChI=1S/C14H18O2/c1-4-15-14(16-5-2)11-10-13-8-6-12(3)7-9-13/h6-9,14H,4-5H2,1-3H3. The number of rotatable bonds is 4. The van der Waals surface area contributed by atoms with Gasteiger partial charge >= 0.3 is 0 Å². The van der Waals surface area contributed by atoms with Crippen LogP contribution in [0.5, 0.6) is 0 Å². The van der Waals surface area contributed by atoms with Crippen LogP contribution in [0.15, 0.2) is 24.3 Å². The van der Waals surface area contributed by atoms with Crippen molar-refractivity contribution in [3.05, 3.63) is 35.4 Å². The minimum absolute atomic E-state index is 0.420. The predicted molar refractivity (Wildman–Crippen MR) is 65.1 cm³/mol. The fourth-order valence-electron chi connectivity index (χ4n) is 1.21. The average molecular weight is 218 g/mol. The van der Waals surface area contributed by atoms with Crippen molar-refractivity contribution in [3.8, 4) is 11.8 Å². The van der Waals surface area contributed by atoms with Gasteiger partial charge in [-0.3, -0.25) is 0 Å². The summed E-state index contributed by atoms with van der Waals surface area (Å²) in [5.41, 5.74) is 2.21. The van der Waals surface area contributed by atoms with Crippen LogP contribution in [0, 0.1) is 18.8 Å². The summed E-state index contributed by atoms with van der Waals surface area (Å²) in [7, 11) is 0. The Hall–Kier alpha value is -1.30. The summed E-state index contributed by atoms with van der Waals surface area (Å²) >= 11 is 0. The zero-order chi connectivity index (χ0) is 11.8.